The highest BCUT2D eigenvalue weighted by molar-refractivity contribution is 7.86. The fourth-order valence-electron chi connectivity index (χ4n) is 1.91. The van der Waals surface area contributed by atoms with Crippen molar-refractivity contribution in [2.45, 2.75) is 4.90 Å². The molecule has 0 atom stereocenters. The fraction of sp³-hybridized carbons (Fsp3) is 0. The molecule has 0 saturated carbocycles. The Morgan fingerprint density at radius 1 is 0.895 bits per heavy atom. The summed E-state index contributed by atoms with van der Waals surface area (Å²) in [7, 11) is -4.58. The van der Waals surface area contributed by atoms with E-state index in [9.17, 15) is 18.1 Å². The third-order valence-electron chi connectivity index (χ3n) is 2.70. The highest BCUT2D eigenvalue weighted by Crippen LogP contribution is 2.30. The zero-order valence-electron chi connectivity index (χ0n) is 9.48. The summed E-state index contributed by atoms with van der Waals surface area (Å²) in [4.78, 5) is 7.77. The first kappa shape index (κ1) is 11.8. The maximum atomic E-state index is 11.3. The topological polar surface area (TPSA) is 100 Å². The van der Waals surface area contributed by atoms with Gasteiger partial charge >= 0.3 is 0 Å². The van der Waals surface area contributed by atoms with Gasteiger partial charge in [-0.05, 0) is 24.3 Å². The lowest BCUT2D eigenvalue weighted by Gasteiger charge is -2.06. The highest BCUT2D eigenvalue weighted by Gasteiger charge is 2.21. The lowest BCUT2D eigenvalue weighted by Crippen LogP contribution is -2.02. The number of phenolic OH excluding ortho intramolecular Hbond substituents is 1. The van der Waals surface area contributed by atoms with Gasteiger partial charge < -0.3 is 5.11 Å². The first-order valence-corrected chi connectivity index (χ1v) is 6.77. The number of aromatic hydroxyl groups is 1. The van der Waals surface area contributed by atoms with Crippen LogP contribution in [0.2, 0.25) is 0 Å². The predicted molar refractivity (Wildman–Crippen MR) is 68.5 cm³/mol. The number of para-hydroxylation sites is 2. The normalized spacial score (nSPS) is 12.1. The first-order valence-electron chi connectivity index (χ1n) is 5.33. The maximum absolute atomic E-state index is 11.3. The van der Waals surface area contributed by atoms with Crippen LogP contribution in [-0.2, 0) is 10.1 Å². The number of aromatic nitrogens is 2. The predicted octanol–water partition coefficient (Wildman–Crippen LogP) is 1.74. The zero-order chi connectivity index (χ0) is 13.6. The molecule has 2 aromatic carbocycles. The van der Waals surface area contributed by atoms with Gasteiger partial charge in [0.1, 0.15) is 11.3 Å². The van der Waals surface area contributed by atoms with Gasteiger partial charge in [0.2, 0.25) is 0 Å². The van der Waals surface area contributed by atoms with Crippen LogP contribution in [0.15, 0.2) is 41.3 Å². The van der Waals surface area contributed by atoms with Crippen LogP contribution in [0.3, 0.4) is 0 Å². The number of phenols is 1. The molecule has 0 unspecified atom stereocenters. The van der Waals surface area contributed by atoms with Crippen molar-refractivity contribution in [2.24, 2.45) is 0 Å². The van der Waals surface area contributed by atoms with E-state index in [2.05, 4.69) is 9.97 Å². The fourth-order valence-corrected chi connectivity index (χ4v) is 2.63. The Morgan fingerprint density at radius 3 is 2.16 bits per heavy atom. The van der Waals surface area contributed by atoms with E-state index in [0.29, 0.717) is 11.0 Å². The van der Waals surface area contributed by atoms with Crippen molar-refractivity contribution in [3.63, 3.8) is 0 Å². The number of hydrogen-bond acceptors (Lipinski definition) is 5. The summed E-state index contributed by atoms with van der Waals surface area (Å²) < 4.78 is 31.8. The summed E-state index contributed by atoms with van der Waals surface area (Å²) in [5, 5.41) is 9.61. The number of hydrogen-bond donors (Lipinski definition) is 2. The third kappa shape index (κ3) is 1.88. The molecule has 0 aliphatic heterocycles. The van der Waals surface area contributed by atoms with Crippen molar-refractivity contribution in [1.29, 1.82) is 0 Å². The molecule has 0 spiro atoms. The molecule has 1 aromatic heterocycles. The molecule has 1 heterocycles. The summed E-state index contributed by atoms with van der Waals surface area (Å²) in [5.74, 6) is -0.556. The zero-order valence-corrected chi connectivity index (χ0v) is 10.3. The van der Waals surface area contributed by atoms with E-state index < -0.39 is 20.8 Å². The van der Waals surface area contributed by atoms with Crippen molar-refractivity contribution in [3.05, 3.63) is 36.4 Å². The number of nitrogens with zero attached hydrogens (tertiary/aromatic N) is 2. The van der Waals surface area contributed by atoms with Gasteiger partial charge in [-0.1, -0.05) is 12.1 Å². The molecular formula is C12H8N2O4S. The molecule has 0 radical (unpaired) electrons. The molecule has 6 nitrogen and oxygen atoms in total. The molecule has 0 bridgehead atoms. The van der Waals surface area contributed by atoms with Crippen LogP contribution in [0.1, 0.15) is 0 Å². The summed E-state index contributed by atoms with van der Waals surface area (Å²) in [5.41, 5.74) is 1.30. The monoisotopic (exact) mass is 276 g/mol. The largest absolute Gasteiger partial charge is 0.506 e. The molecule has 0 aliphatic rings. The van der Waals surface area contributed by atoms with E-state index in [-0.39, 0.29) is 11.0 Å². The minimum atomic E-state index is -4.58. The summed E-state index contributed by atoms with van der Waals surface area (Å²) in [6.45, 7) is 0. The molecule has 0 amide bonds. The Morgan fingerprint density at radius 2 is 1.53 bits per heavy atom. The van der Waals surface area contributed by atoms with Gasteiger partial charge in [-0.2, -0.15) is 8.42 Å². The van der Waals surface area contributed by atoms with E-state index >= 15 is 0 Å². The standard InChI is InChI=1S/C12H8N2O4S/c15-10-6-5-9-11(12(10)19(16,17)18)14-8-4-2-1-3-7(8)13-9/h1-6,15H,(H,16,17,18). The Labute approximate surface area is 108 Å². The van der Waals surface area contributed by atoms with Gasteiger partial charge in [-0.25, -0.2) is 9.97 Å². The smallest absolute Gasteiger partial charge is 0.300 e. The Hall–Kier alpha value is -2.25. The van der Waals surface area contributed by atoms with E-state index in [1.54, 1.807) is 24.3 Å². The van der Waals surface area contributed by atoms with E-state index in [1.807, 2.05) is 0 Å². The quantitative estimate of drug-likeness (QED) is 0.518. The van der Waals surface area contributed by atoms with Crippen LogP contribution in [0.5, 0.6) is 5.75 Å². The lowest BCUT2D eigenvalue weighted by molar-refractivity contribution is 0.445. The van der Waals surface area contributed by atoms with Crippen molar-refractivity contribution in [1.82, 2.24) is 9.97 Å². The van der Waals surface area contributed by atoms with Crippen LogP contribution in [0, 0.1) is 0 Å². The van der Waals surface area contributed by atoms with Crippen molar-refractivity contribution < 1.29 is 18.1 Å². The van der Waals surface area contributed by atoms with Crippen LogP contribution >= 0.6 is 0 Å². The second-order valence-corrected chi connectivity index (χ2v) is 5.33. The second kappa shape index (κ2) is 3.87. The molecule has 3 rings (SSSR count). The molecule has 7 heteroatoms. The molecule has 19 heavy (non-hydrogen) atoms. The van der Waals surface area contributed by atoms with Crippen molar-refractivity contribution in [3.8, 4) is 5.75 Å². The molecular weight excluding hydrogens is 268 g/mol. The number of fused-ring (bicyclic) bond motifs is 2. The van der Waals surface area contributed by atoms with Crippen LogP contribution in [0.4, 0.5) is 0 Å². The lowest BCUT2D eigenvalue weighted by atomic mass is 10.2. The Kier molecular flexibility index (Phi) is 2.41. The minimum Gasteiger partial charge on any atom is -0.506 e. The summed E-state index contributed by atoms with van der Waals surface area (Å²) in [6.07, 6.45) is 0. The molecule has 2 N–H and O–H groups in total. The molecule has 3 aromatic rings. The highest BCUT2D eigenvalue weighted by atomic mass is 32.2. The van der Waals surface area contributed by atoms with Crippen molar-refractivity contribution >= 4 is 32.2 Å². The van der Waals surface area contributed by atoms with Crippen LogP contribution < -0.4 is 0 Å². The molecule has 96 valence electrons. The number of rotatable bonds is 1. The molecule has 0 aliphatic carbocycles. The van der Waals surface area contributed by atoms with Gasteiger partial charge in [-0.3, -0.25) is 4.55 Å². The summed E-state index contributed by atoms with van der Waals surface area (Å²) in [6, 6.07) is 9.53. The van der Waals surface area contributed by atoms with Crippen LogP contribution in [0.25, 0.3) is 22.1 Å². The minimum absolute atomic E-state index is 0.0544. The molecule has 0 fully saturated rings. The average Bonchev–Trinajstić information content (AvgIpc) is 2.34. The van der Waals surface area contributed by atoms with Gasteiger partial charge in [0.15, 0.2) is 4.90 Å². The van der Waals surface area contributed by atoms with Gasteiger partial charge in [0.05, 0.1) is 16.6 Å². The number of benzene rings is 2. The van der Waals surface area contributed by atoms with E-state index in [1.165, 1.54) is 6.07 Å². The van der Waals surface area contributed by atoms with E-state index in [4.69, 9.17) is 0 Å². The van der Waals surface area contributed by atoms with Crippen molar-refractivity contribution in [2.75, 3.05) is 0 Å². The summed E-state index contributed by atoms with van der Waals surface area (Å²) >= 11 is 0. The van der Waals surface area contributed by atoms with E-state index in [0.717, 1.165) is 6.07 Å². The molecule has 0 saturated heterocycles. The van der Waals surface area contributed by atoms with Gasteiger partial charge in [-0.15, -0.1) is 0 Å². The SMILES string of the molecule is O=S(=O)(O)c1c(O)ccc2nc3ccccc3nc12. The first-order chi connectivity index (χ1) is 8.97. The van der Waals surface area contributed by atoms with Gasteiger partial charge in [0.25, 0.3) is 10.1 Å². The average molecular weight is 276 g/mol. The maximum Gasteiger partial charge on any atom is 0.300 e. The third-order valence-corrected chi connectivity index (χ3v) is 3.62. The second-order valence-electron chi connectivity index (χ2n) is 3.97. The Bertz CT molecular complexity index is 906. The van der Waals surface area contributed by atoms with Gasteiger partial charge in [0, 0.05) is 0 Å². The Balaban J connectivity index is 2.55. The van der Waals surface area contributed by atoms with Crippen LogP contribution in [-0.4, -0.2) is 28.0 Å².